The molecule has 5 N–H and O–H groups in total. The first-order valence-corrected chi connectivity index (χ1v) is 14.5. The third kappa shape index (κ3) is 4.37. The SMILES string of the molecule is CC1OCC2(CCN(c3cc(S(N)(=O)=O)c(Sc4cccc(Cl)c4Cl)c4nnc(CO)n34)CC2)C1N. The van der Waals surface area contributed by atoms with E-state index in [2.05, 4.69) is 10.2 Å². The monoisotopic (exact) mass is 572 g/mol. The van der Waals surface area contributed by atoms with Gasteiger partial charge in [-0.3, -0.25) is 4.40 Å². The Bertz CT molecular complexity index is 1430. The minimum atomic E-state index is -4.17. The first kappa shape index (κ1) is 26.0. The van der Waals surface area contributed by atoms with E-state index >= 15 is 0 Å². The lowest BCUT2D eigenvalue weighted by molar-refractivity contribution is 0.0974. The maximum atomic E-state index is 12.8. The van der Waals surface area contributed by atoms with Crippen molar-refractivity contribution < 1.29 is 18.3 Å². The Morgan fingerprint density at radius 3 is 2.61 bits per heavy atom. The van der Waals surface area contributed by atoms with Crippen LogP contribution in [0.2, 0.25) is 10.0 Å². The number of primary sulfonamides is 1. The summed E-state index contributed by atoms with van der Waals surface area (Å²) in [6.45, 7) is 3.42. The standard InChI is InChI=1S/C22H26Cl2N6O4S2/c1-12-20(25)22(11-34-12)5-7-29(8-6-22)17-9-15(36(26,32)33)19(21-28-27-16(10-31)30(17)21)35-14-4-2-3-13(23)18(14)24/h2-4,9,12,20,31H,5-8,10-11,25H2,1H3,(H2,26,32,33). The minimum absolute atomic E-state index is 0.00861. The van der Waals surface area contributed by atoms with Gasteiger partial charge in [0.25, 0.3) is 0 Å². The lowest BCUT2D eigenvalue weighted by Gasteiger charge is -2.42. The number of sulfonamides is 1. The van der Waals surface area contributed by atoms with Crippen molar-refractivity contribution in [2.24, 2.45) is 16.3 Å². The summed E-state index contributed by atoms with van der Waals surface area (Å²) in [6.07, 6.45) is 1.54. The molecule has 0 saturated carbocycles. The predicted octanol–water partition coefficient (Wildman–Crippen LogP) is 2.66. The predicted molar refractivity (Wildman–Crippen MR) is 138 cm³/mol. The number of rotatable bonds is 5. The molecule has 2 fully saturated rings. The van der Waals surface area contributed by atoms with Gasteiger partial charge in [0.15, 0.2) is 11.5 Å². The van der Waals surface area contributed by atoms with E-state index in [-0.39, 0.29) is 50.5 Å². The zero-order valence-electron chi connectivity index (χ0n) is 19.4. The zero-order chi connectivity index (χ0) is 25.8. The molecule has 1 aromatic carbocycles. The molecule has 0 aliphatic carbocycles. The van der Waals surface area contributed by atoms with Crippen LogP contribution in [0.15, 0.2) is 39.0 Å². The molecule has 2 aromatic heterocycles. The molecule has 2 aliphatic heterocycles. The maximum absolute atomic E-state index is 12.8. The van der Waals surface area contributed by atoms with Crippen molar-refractivity contribution >= 4 is 56.5 Å². The van der Waals surface area contributed by atoms with Crippen molar-refractivity contribution in [3.63, 3.8) is 0 Å². The second-order valence-electron chi connectivity index (χ2n) is 9.22. The van der Waals surface area contributed by atoms with Crippen LogP contribution in [0.4, 0.5) is 5.82 Å². The summed E-state index contributed by atoms with van der Waals surface area (Å²) in [5.74, 6) is 0.801. The Kier molecular flexibility index (Phi) is 6.92. The van der Waals surface area contributed by atoms with E-state index in [1.54, 1.807) is 22.6 Å². The van der Waals surface area contributed by atoms with Gasteiger partial charge in [-0.25, -0.2) is 13.6 Å². The van der Waals surface area contributed by atoms with Crippen LogP contribution < -0.4 is 15.8 Å². The largest absolute Gasteiger partial charge is 0.388 e. The van der Waals surface area contributed by atoms with Crippen LogP contribution in [0.3, 0.4) is 0 Å². The number of fused-ring (bicyclic) bond motifs is 1. The fourth-order valence-corrected chi connectivity index (χ4v) is 7.55. The van der Waals surface area contributed by atoms with E-state index in [9.17, 15) is 13.5 Å². The number of anilines is 1. The molecule has 5 rings (SSSR count). The van der Waals surface area contributed by atoms with E-state index in [0.717, 1.165) is 24.6 Å². The van der Waals surface area contributed by atoms with Gasteiger partial charge in [0.05, 0.1) is 27.7 Å². The van der Waals surface area contributed by atoms with E-state index in [4.69, 9.17) is 38.8 Å². The van der Waals surface area contributed by atoms with Crippen LogP contribution in [-0.4, -0.2) is 60.0 Å². The molecule has 0 amide bonds. The van der Waals surface area contributed by atoms with Crippen molar-refractivity contribution in [1.29, 1.82) is 0 Å². The molecular weight excluding hydrogens is 547 g/mol. The van der Waals surface area contributed by atoms with E-state index in [1.165, 1.54) is 6.07 Å². The van der Waals surface area contributed by atoms with Crippen molar-refractivity contribution in [2.75, 3.05) is 24.6 Å². The number of nitrogens with two attached hydrogens (primary N) is 2. The van der Waals surface area contributed by atoms with Gasteiger partial charge in [-0.15, -0.1) is 10.2 Å². The first-order chi connectivity index (χ1) is 17.1. The molecule has 4 heterocycles. The van der Waals surface area contributed by atoms with Crippen LogP contribution >= 0.6 is 35.0 Å². The van der Waals surface area contributed by atoms with E-state index < -0.39 is 10.0 Å². The van der Waals surface area contributed by atoms with Crippen LogP contribution in [-0.2, 0) is 21.4 Å². The summed E-state index contributed by atoms with van der Waals surface area (Å²) in [5.41, 5.74) is 6.59. The topological polar surface area (TPSA) is 149 Å². The number of aliphatic hydroxyl groups excluding tert-OH is 1. The Hall–Kier alpha value is -1.64. The average molecular weight is 574 g/mol. The van der Waals surface area contributed by atoms with Gasteiger partial charge >= 0.3 is 0 Å². The van der Waals surface area contributed by atoms with E-state index in [0.29, 0.717) is 35.4 Å². The molecule has 2 aliphatic rings. The van der Waals surface area contributed by atoms with Gasteiger partial charge in [-0.05, 0) is 31.9 Å². The molecule has 2 atom stereocenters. The normalized spacial score (nSPS) is 22.1. The summed E-state index contributed by atoms with van der Waals surface area (Å²) in [4.78, 5) is 2.71. The van der Waals surface area contributed by atoms with Crippen LogP contribution in [0.5, 0.6) is 0 Å². The molecule has 14 heteroatoms. The highest BCUT2D eigenvalue weighted by Crippen LogP contribution is 2.45. The Morgan fingerprint density at radius 2 is 2.00 bits per heavy atom. The summed E-state index contributed by atoms with van der Waals surface area (Å²) >= 11 is 13.6. The second kappa shape index (κ2) is 9.59. The molecule has 0 radical (unpaired) electrons. The molecule has 10 nitrogen and oxygen atoms in total. The van der Waals surface area contributed by atoms with E-state index in [1.807, 2.05) is 11.8 Å². The second-order valence-corrected chi connectivity index (χ2v) is 12.6. The highest BCUT2D eigenvalue weighted by atomic mass is 35.5. The Morgan fingerprint density at radius 1 is 1.28 bits per heavy atom. The van der Waals surface area contributed by atoms with Crippen LogP contribution in [0.1, 0.15) is 25.6 Å². The number of aliphatic hydroxyl groups is 1. The number of nitrogens with zero attached hydrogens (tertiary/aromatic N) is 4. The van der Waals surface area contributed by atoms with Crippen LogP contribution in [0.25, 0.3) is 5.65 Å². The number of ether oxygens (including phenoxy) is 1. The van der Waals surface area contributed by atoms with Crippen molar-refractivity contribution in [3.05, 3.63) is 40.1 Å². The van der Waals surface area contributed by atoms with Gasteiger partial charge in [0.2, 0.25) is 10.0 Å². The third-order valence-corrected chi connectivity index (χ3v) is 10.3. The Labute approximate surface area is 222 Å². The summed E-state index contributed by atoms with van der Waals surface area (Å²) in [7, 11) is -4.17. The number of piperidine rings is 1. The highest BCUT2D eigenvalue weighted by Gasteiger charge is 2.47. The number of hydrogen-bond donors (Lipinski definition) is 3. The molecule has 194 valence electrons. The maximum Gasteiger partial charge on any atom is 0.239 e. The van der Waals surface area contributed by atoms with Gasteiger partial charge in [-0.1, -0.05) is 41.0 Å². The smallest absolute Gasteiger partial charge is 0.239 e. The van der Waals surface area contributed by atoms with Crippen molar-refractivity contribution in [2.45, 2.75) is 53.2 Å². The number of aromatic nitrogens is 3. The number of hydrogen-bond acceptors (Lipinski definition) is 9. The number of halogens is 2. The van der Waals surface area contributed by atoms with Gasteiger partial charge in [-0.2, -0.15) is 0 Å². The van der Waals surface area contributed by atoms with Crippen LogP contribution in [0, 0.1) is 5.41 Å². The zero-order valence-corrected chi connectivity index (χ0v) is 22.5. The molecule has 2 saturated heterocycles. The lowest BCUT2D eigenvalue weighted by Crippen LogP contribution is -2.51. The number of pyridine rings is 1. The fourth-order valence-electron chi connectivity index (χ4n) is 5.03. The highest BCUT2D eigenvalue weighted by molar-refractivity contribution is 8.00. The molecule has 1 spiro atoms. The van der Waals surface area contributed by atoms with Gasteiger partial charge < -0.3 is 20.5 Å². The molecular formula is C22H26Cl2N6O4S2. The summed E-state index contributed by atoms with van der Waals surface area (Å²) < 4.78 is 33.1. The first-order valence-electron chi connectivity index (χ1n) is 11.3. The lowest BCUT2D eigenvalue weighted by atomic mass is 9.73. The molecule has 36 heavy (non-hydrogen) atoms. The summed E-state index contributed by atoms with van der Waals surface area (Å²) in [6, 6.07) is 6.52. The molecule has 2 unspecified atom stereocenters. The van der Waals surface area contributed by atoms with Crippen molar-refractivity contribution in [1.82, 2.24) is 14.6 Å². The quantitative estimate of drug-likeness (QED) is 0.419. The van der Waals surface area contributed by atoms with Crippen molar-refractivity contribution in [3.8, 4) is 0 Å². The Balaban J connectivity index is 1.62. The average Bonchev–Trinajstić information content (AvgIpc) is 3.39. The van der Waals surface area contributed by atoms with Gasteiger partial charge in [0, 0.05) is 35.5 Å². The molecule has 0 bridgehead atoms. The molecule has 3 aromatic rings. The minimum Gasteiger partial charge on any atom is -0.388 e. The summed E-state index contributed by atoms with van der Waals surface area (Å²) in [5, 5.41) is 24.6. The number of benzene rings is 1. The fraction of sp³-hybridized carbons (Fsp3) is 0.455. The van der Waals surface area contributed by atoms with Gasteiger partial charge in [0.1, 0.15) is 17.3 Å². The third-order valence-electron chi connectivity index (χ3n) is 7.15.